The average molecular weight is 516 g/mol. The van der Waals surface area contributed by atoms with Crippen molar-refractivity contribution in [2.24, 2.45) is 0 Å². The number of benzene rings is 2. The van der Waals surface area contributed by atoms with E-state index in [1.54, 1.807) is 18.3 Å². The van der Waals surface area contributed by atoms with Crippen LogP contribution in [0.2, 0.25) is 0 Å². The fourth-order valence-electron chi connectivity index (χ4n) is 5.05. The number of rotatable bonds is 6. The van der Waals surface area contributed by atoms with Crippen LogP contribution in [-0.2, 0) is 6.54 Å². The first-order chi connectivity index (χ1) is 19.1. The highest BCUT2D eigenvalue weighted by atomic mass is 19.1. The number of nitriles is 1. The number of pyridine rings is 2. The summed E-state index contributed by atoms with van der Waals surface area (Å²) in [7, 11) is 0. The number of nitrogens with zero attached hydrogens (tertiary/aromatic N) is 6. The molecule has 0 saturated carbocycles. The van der Waals surface area contributed by atoms with Crippen molar-refractivity contribution in [3.05, 3.63) is 102 Å². The van der Waals surface area contributed by atoms with Crippen molar-refractivity contribution in [2.75, 3.05) is 18.4 Å². The monoisotopic (exact) mass is 515 g/mol. The summed E-state index contributed by atoms with van der Waals surface area (Å²) in [6.45, 7) is 2.83. The molecule has 5 aromatic rings. The summed E-state index contributed by atoms with van der Waals surface area (Å²) >= 11 is 0. The molecular formula is C31H26FN7. The highest BCUT2D eigenvalue weighted by molar-refractivity contribution is 5.89. The number of hydrogen-bond acceptors (Lipinski definition) is 7. The minimum Gasteiger partial charge on any atom is -0.367 e. The predicted molar refractivity (Wildman–Crippen MR) is 149 cm³/mol. The number of likely N-dealkylation sites (tertiary alicyclic amines) is 1. The zero-order valence-corrected chi connectivity index (χ0v) is 21.3. The molecule has 0 radical (unpaired) electrons. The van der Waals surface area contributed by atoms with Crippen LogP contribution in [0, 0.1) is 17.3 Å². The summed E-state index contributed by atoms with van der Waals surface area (Å²) in [6.07, 6.45) is 3.61. The molecule has 39 heavy (non-hydrogen) atoms. The number of anilines is 1. The van der Waals surface area contributed by atoms with Gasteiger partial charge in [0.15, 0.2) is 0 Å². The number of fused-ring (bicyclic) bond motifs is 1. The summed E-state index contributed by atoms with van der Waals surface area (Å²) in [5, 5.41) is 12.5. The fraction of sp³-hybridized carbons (Fsp3) is 0.194. The zero-order chi connectivity index (χ0) is 26.6. The maximum atomic E-state index is 13.8. The first-order valence-electron chi connectivity index (χ1n) is 13.0. The van der Waals surface area contributed by atoms with Gasteiger partial charge >= 0.3 is 0 Å². The molecule has 7 nitrogen and oxygen atoms in total. The van der Waals surface area contributed by atoms with E-state index in [2.05, 4.69) is 49.4 Å². The normalized spacial score (nSPS) is 14.3. The molecule has 0 unspecified atom stereocenters. The molecule has 4 heterocycles. The molecule has 3 aromatic heterocycles. The third kappa shape index (κ3) is 5.59. The lowest BCUT2D eigenvalue weighted by atomic mass is 9.97. The zero-order valence-electron chi connectivity index (χ0n) is 21.3. The van der Waals surface area contributed by atoms with Crippen LogP contribution in [0.25, 0.3) is 33.4 Å². The van der Waals surface area contributed by atoms with Crippen LogP contribution in [0.5, 0.6) is 0 Å². The summed E-state index contributed by atoms with van der Waals surface area (Å²) in [5.41, 5.74) is 6.24. The van der Waals surface area contributed by atoms with Gasteiger partial charge in [-0.25, -0.2) is 19.9 Å². The molecule has 0 amide bonds. The van der Waals surface area contributed by atoms with E-state index >= 15 is 0 Å². The Morgan fingerprint density at radius 3 is 2.44 bits per heavy atom. The topological polar surface area (TPSA) is 90.6 Å². The van der Waals surface area contributed by atoms with Crippen LogP contribution in [0.1, 0.15) is 24.2 Å². The van der Waals surface area contributed by atoms with Crippen molar-refractivity contribution >= 4 is 16.9 Å². The molecule has 192 valence electrons. The fourth-order valence-corrected chi connectivity index (χ4v) is 5.05. The molecule has 1 N–H and O–H groups in total. The van der Waals surface area contributed by atoms with Gasteiger partial charge < -0.3 is 5.32 Å². The second-order valence-corrected chi connectivity index (χ2v) is 9.69. The van der Waals surface area contributed by atoms with Crippen molar-refractivity contribution in [1.82, 2.24) is 24.8 Å². The Kier molecular flexibility index (Phi) is 6.89. The van der Waals surface area contributed by atoms with Crippen molar-refractivity contribution in [3.8, 4) is 28.5 Å². The second kappa shape index (κ2) is 10.9. The van der Waals surface area contributed by atoms with Gasteiger partial charge in [-0.05, 0) is 48.2 Å². The predicted octanol–water partition coefficient (Wildman–Crippen LogP) is 5.84. The molecule has 1 aliphatic heterocycles. The number of nitrogens with one attached hydrogen (secondary N) is 1. The Hall–Kier alpha value is -4.74. The third-order valence-electron chi connectivity index (χ3n) is 7.05. The number of halogens is 1. The summed E-state index contributed by atoms with van der Waals surface area (Å²) in [5.74, 6) is 0.372. The van der Waals surface area contributed by atoms with E-state index in [0.29, 0.717) is 22.9 Å². The van der Waals surface area contributed by atoms with Crippen LogP contribution < -0.4 is 5.32 Å². The van der Waals surface area contributed by atoms with Gasteiger partial charge in [-0.15, -0.1) is 0 Å². The molecule has 0 aliphatic carbocycles. The van der Waals surface area contributed by atoms with Gasteiger partial charge in [-0.1, -0.05) is 54.6 Å². The molecular weight excluding hydrogens is 489 g/mol. The second-order valence-electron chi connectivity index (χ2n) is 9.69. The van der Waals surface area contributed by atoms with Crippen molar-refractivity contribution in [1.29, 1.82) is 5.26 Å². The van der Waals surface area contributed by atoms with E-state index in [9.17, 15) is 4.39 Å². The van der Waals surface area contributed by atoms with Gasteiger partial charge in [-0.2, -0.15) is 9.65 Å². The lowest BCUT2D eigenvalue weighted by molar-refractivity contribution is 0.211. The largest absolute Gasteiger partial charge is 0.367 e. The van der Waals surface area contributed by atoms with Crippen molar-refractivity contribution in [3.63, 3.8) is 0 Å². The summed E-state index contributed by atoms with van der Waals surface area (Å²) < 4.78 is 13.8. The van der Waals surface area contributed by atoms with Gasteiger partial charge in [0.25, 0.3) is 0 Å². The third-order valence-corrected chi connectivity index (χ3v) is 7.05. The number of hydrogen-bond donors (Lipinski definition) is 1. The molecule has 2 aromatic carbocycles. The highest BCUT2D eigenvalue weighted by Crippen LogP contribution is 2.33. The maximum Gasteiger partial charge on any atom is 0.234 e. The summed E-state index contributed by atoms with van der Waals surface area (Å²) in [4.78, 5) is 19.6. The smallest absolute Gasteiger partial charge is 0.234 e. The maximum absolute atomic E-state index is 13.8. The van der Waals surface area contributed by atoms with Gasteiger partial charge in [-0.3, -0.25) is 4.90 Å². The molecule has 0 atom stereocenters. The van der Waals surface area contributed by atoms with Gasteiger partial charge in [0.1, 0.15) is 11.9 Å². The molecule has 1 saturated heterocycles. The minimum absolute atomic E-state index is 0.182. The Bertz CT molecular complexity index is 1640. The van der Waals surface area contributed by atoms with Crippen LogP contribution in [0.15, 0.2) is 85.1 Å². The standard InChI is InChI=1S/C31H26FN7/c32-28-11-10-26-27(36-28)18-25(22-4-2-1-3-5-22)31(37-26)23-8-6-21(7-9-23)20-39-16-13-24(14-17-39)35-29-12-15-34-30(19-33)38-29/h1-12,15,18,24H,13-14,16-17,20H2,(H,34,35,38). The van der Waals surface area contributed by atoms with Gasteiger partial charge in [0.2, 0.25) is 11.8 Å². The van der Waals surface area contributed by atoms with Gasteiger partial charge in [0.05, 0.1) is 16.7 Å². The van der Waals surface area contributed by atoms with Crippen LogP contribution >= 0.6 is 0 Å². The first-order valence-corrected chi connectivity index (χ1v) is 13.0. The first kappa shape index (κ1) is 24.6. The van der Waals surface area contributed by atoms with E-state index in [1.165, 1.54) is 11.6 Å². The lowest BCUT2D eigenvalue weighted by Crippen LogP contribution is -2.38. The Morgan fingerprint density at radius 2 is 1.67 bits per heavy atom. The van der Waals surface area contributed by atoms with E-state index in [4.69, 9.17) is 10.2 Å². The van der Waals surface area contributed by atoms with Crippen LogP contribution in [0.4, 0.5) is 10.2 Å². The van der Waals surface area contributed by atoms with E-state index in [0.717, 1.165) is 54.9 Å². The van der Waals surface area contributed by atoms with E-state index in [-0.39, 0.29) is 5.82 Å². The Morgan fingerprint density at radius 1 is 0.872 bits per heavy atom. The number of aromatic nitrogens is 4. The SMILES string of the molecule is N#Cc1nccc(NC2CCN(Cc3ccc(-c4nc5ccc(F)nc5cc4-c4ccccc4)cc3)CC2)n1. The van der Waals surface area contributed by atoms with E-state index < -0.39 is 5.95 Å². The molecule has 0 bridgehead atoms. The molecule has 6 rings (SSSR count). The molecule has 0 spiro atoms. The summed E-state index contributed by atoms with van der Waals surface area (Å²) in [6, 6.07) is 27.6. The van der Waals surface area contributed by atoms with E-state index in [1.807, 2.05) is 42.5 Å². The quantitative estimate of drug-likeness (QED) is 0.284. The number of piperidine rings is 1. The van der Waals surface area contributed by atoms with Crippen molar-refractivity contribution in [2.45, 2.75) is 25.4 Å². The van der Waals surface area contributed by atoms with Gasteiger partial charge in [0, 0.05) is 43.0 Å². The minimum atomic E-state index is -0.512. The molecule has 8 heteroatoms. The van der Waals surface area contributed by atoms with Crippen molar-refractivity contribution < 1.29 is 4.39 Å². The van der Waals surface area contributed by atoms with Crippen LogP contribution in [0.3, 0.4) is 0 Å². The highest BCUT2D eigenvalue weighted by Gasteiger charge is 2.20. The molecule has 1 fully saturated rings. The Labute approximate surface area is 226 Å². The molecule has 1 aliphatic rings. The average Bonchev–Trinajstić information content (AvgIpc) is 2.98. The van der Waals surface area contributed by atoms with Crippen LogP contribution in [-0.4, -0.2) is 44.0 Å². The lowest BCUT2D eigenvalue weighted by Gasteiger charge is -2.32. The Balaban J connectivity index is 1.16.